The van der Waals surface area contributed by atoms with E-state index in [1.165, 1.54) is 18.1 Å². The standard InChI is InChI=1S/C37H56N4O5/c1-20(2)24-9-10-25(15-24)31(22(4)42)32-27-16-29(45)33-34(6,36(27,8)17-30(32)46-23(5)43)13-14-37(41-19-26(18-38)39-40-41)21(3)28(44)11-12-35(33,37)7/h19,21,25,27-30,33,44-45H,9-18,38H2,1-8H3/b32-31+/t21-,25?,27+,28-,29-,30+,33-,34+,35-,36+,37-/m1/s1. The molecule has 0 spiro atoms. The highest BCUT2D eigenvalue weighted by Gasteiger charge is 2.75. The Labute approximate surface area is 274 Å². The van der Waals surface area contributed by atoms with Gasteiger partial charge in [-0.05, 0) is 118 Å². The smallest absolute Gasteiger partial charge is 0.303 e. The van der Waals surface area contributed by atoms with E-state index >= 15 is 0 Å². The topological polar surface area (TPSA) is 141 Å². The van der Waals surface area contributed by atoms with Gasteiger partial charge in [-0.1, -0.05) is 44.1 Å². The maximum atomic E-state index is 13.7. The average molecular weight is 637 g/mol. The van der Waals surface area contributed by atoms with Crippen molar-refractivity contribution in [2.75, 3.05) is 0 Å². The highest BCUT2D eigenvalue weighted by atomic mass is 16.5. The molecule has 254 valence electrons. The van der Waals surface area contributed by atoms with E-state index < -0.39 is 29.3 Å². The SMILES string of the molecule is CC(=O)O[C@H]1C[C@@]2(C)[C@@H](C[C@@H](O)[C@@H]3[C@]2(C)CC[C@@]2(n4cc(CN)nn4)[C@H](C)[C@H](O)CC[C@]32C)/C1=C(/C(C)=O)C1CCC(=C(C)C)C1. The van der Waals surface area contributed by atoms with Gasteiger partial charge in [-0.2, -0.15) is 0 Å². The van der Waals surface area contributed by atoms with Gasteiger partial charge in [0.15, 0.2) is 5.78 Å². The zero-order chi connectivity index (χ0) is 33.6. The first kappa shape index (κ1) is 33.5. The third-order valence-corrected chi connectivity index (χ3v) is 14.5. The van der Waals surface area contributed by atoms with Crippen molar-refractivity contribution in [3.05, 3.63) is 34.2 Å². The van der Waals surface area contributed by atoms with Gasteiger partial charge >= 0.3 is 5.97 Å². The van der Waals surface area contributed by atoms with E-state index in [4.69, 9.17) is 10.5 Å². The second-order valence-corrected chi connectivity index (χ2v) is 16.5. The lowest BCUT2D eigenvalue weighted by Crippen LogP contribution is -2.72. The minimum atomic E-state index is -0.649. The number of carbonyl (C=O) groups excluding carboxylic acids is 2. The number of hydrogen-bond donors (Lipinski definition) is 3. The number of esters is 1. The number of hydrogen-bond acceptors (Lipinski definition) is 8. The highest BCUT2D eigenvalue weighted by Crippen LogP contribution is 2.76. The quantitative estimate of drug-likeness (QED) is 0.222. The summed E-state index contributed by atoms with van der Waals surface area (Å²) in [6.07, 6.45) is 7.20. The number of nitrogens with two attached hydrogens (primary N) is 1. The van der Waals surface area contributed by atoms with Gasteiger partial charge < -0.3 is 20.7 Å². The third kappa shape index (κ3) is 4.50. The number of allylic oxidation sites excluding steroid dienone is 3. The molecule has 1 heterocycles. The Bertz CT molecular complexity index is 1480. The van der Waals surface area contributed by atoms with Crippen LogP contribution in [0.25, 0.3) is 0 Å². The van der Waals surface area contributed by atoms with E-state index in [9.17, 15) is 19.8 Å². The Morgan fingerprint density at radius 1 is 1.02 bits per heavy atom. The maximum absolute atomic E-state index is 13.7. The molecule has 5 aliphatic rings. The number of aromatic nitrogens is 3. The van der Waals surface area contributed by atoms with Crippen LogP contribution in [0.2, 0.25) is 0 Å². The zero-order valence-electron chi connectivity index (χ0n) is 29.2. The molecule has 0 amide bonds. The largest absolute Gasteiger partial charge is 0.458 e. The van der Waals surface area contributed by atoms with Crippen molar-refractivity contribution in [2.45, 2.75) is 144 Å². The van der Waals surface area contributed by atoms with Crippen LogP contribution in [0.1, 0.15) is 119 Å². The van der Waals surface area contributed by atoms with Gasteiger partial charge in [0, 0.05) is 25.0 Å². The lowest BCUT2D eigenvalue weighted by Gasteiger charge is -2.72. The molecule has 6 rings (SSSR count). The van der Waals surface area contributed by atoms with E-state index in [2.05, 4.69) is 51.9 Å². The molecule has 1 aromatic heterocycles. The van der Waals surface area contributed by atoms with E-state index in [1.807, 2.05) is 10.9 Å². The molecular formula is C37H56N4O5. The Morgan fingerprint density at radius 3 is 2.33 bits per heavy atom. The van der Waals surface area contributed by atoms with Gasteiger partial charge in [-0.15, -0.1) is 5.10 Å². The van der Waals surface area contributed by atoms with Crippen molar-refractivity contribution in [1.82, 2.24) is 15.0 Å². The molecule has 4 N–H and O–H groups in total. The zero-order valence-corrected chi connectivity index (χ0v) is 29.2. The first-order valence-electron chi connectivity index (χ1n) is 17.6. The molecule has 1 aromatic rings. The lowest BCUT2D eigenvalue weighted by atomic mass is 9.34. The summed E-state index contributed by atoms with van der Waals surface area (Å²) >= 11 is 0. The van der Waals surface area contributed by atoms with Gasteiger partial charge in [0.1, 0.15) is 6.10 Å². The predicted molar refractivity (Wildman–Crippen MR) is 175 cm³/mol. The summed E-state index contributed by atoms with van der Waals surface area (Å²) in [7, 11) is 0. The molecule has 11 atom stereocenters. The number of carbonyl (C=O) groups is 2. The summed E-state index contributed by atoms with van der Waals surface area (Å²) in [6, 6.07) is 0. The summed E-state index contributed by atoms with van der Waals surface area (Å²) in [4.78, 5) is 26.3. The first-order chi connectivity index (χ1) is 21.6. The van der Waals surface area contributed by atoms with Gasteiger partial charge in [0.2, 0.25) is 0 Å². The van der Waals surface area contributed by atoms with Crippen LogP contribution in [-0.2, 0) is 26.4 Å². The summed E-state index contributed by atoms with van der Waals surface area (Å²) in [5.41, 5.74) is 9.61. The molecule has 9 nitrogen and oxygen atoms in total. The predicted octanol–water partition coefficient (Wildman–Crippen LogP) is 5.39. The van der Waals surface area contributed by atoms with Gasteiger partial charge in [-0.25, -0.2) is 4.68 Å². The normalized spacial score (nSPS) is 44.7. The van der Waals surface area contributed by atoms with E-state index in [1.54, 1.807) is 6.92 Å². The molecule has 5 aliphatic carbocycles. The summed E-state index contributed by atoms with van der Waals surface area (Å²) in [5, 5.41) is 32.9. The van der Waals surface area contributed by atoms with Crippen molar-refractivity contribution >= 4 is 11.8 Å². The number of ether oxygens (including phenoxy) is 1. The van der Waals surface area contributed by atoms with Crippen LogP contribution in [-0.4, -0.2) is 55.3 Å². The van der Waals surface area contributed by atoms with Crippen LogP contribution in [0.15, 0.2) is 28.5 Å². The first-order valence-corrected chi connectivity index (χ1v) is 17.6. The van der Waals surface area contributed by atoms with Crippen LogP contribution in [0, 0.1) is 39.9 Å². The third-order valence-electron chi connectivity index (χ3n) is 14.5. The number of ketones is 1. The molecule has 0 aliphatic heterocycles. The molecule has 0 aromatic carbocycles. The van der Waals surface area contributed by atoms with Crippen LogP contribution in [0.4, 0.5) is 0 Å². The molecule has 1 unspecified atom stereocenters. The Kier molecular flexibility index (Phi) is 8.29. The Hall–Kier alpha value is -2.36. The monoisotopic (exact) mass is 636 g/mol. The number of nitrogens with zero attached hydrogens (tertiary/aromatic N) is 3. The summed E-state index contributed by atoms with van der Waals surface area (Å²) in [5.74, 6) is -0.480. The number of aliphatic hydroxyl groups is 2. The van der Waals surface area contributed by atoms with Crippen LogP contribution >= 0.6 is 0 Å². The average Bonchev–Trinajstić information content (AvgIpc) is 3.71. The lowest BCUT2D eigenvalue weighted by molar-refractivity contribution is -0.264. The maximum Gasteiger partial charge on any atom is 0.303 e. The second kappa shape index (κ2) is 11.4. The molecule has 0 bridgehead atoms. The minimum absolute atomic E-state index is 0.0600. The Balaban J connectivity index is 1.51. The molecular weight excluding hydrogens is 580 g/mol. The van der Waals surface area contributed by atoms with E-state index in [0.29, 0.717) is 25.0 Å². The fourth-order valence-electron chi connectivity index (χ4n) is 12.2. The van der Waals surface area contributed by atoms with Gasteiger partial charge in [0.05, 0.1) is 29.6 Å². The van der Waals surface area contributed by atoms with Crippen LogP contribution in [0.5, 0.6) is 0 Å². The molecule has 9 heteroatoms. The number of rotatable bonds is 5. The summed E-state index contributed by atoms with van der Waals surface area (Å²) in [6.45, 7) is 16.8. The highest BCUT2D eigenvalue weighted by molar-refractivity contribution is 5.95. The summed E-state index contributed by atoms with van der Waals surface area (Å²) < 4.78 is 8.15. The van der Waals surface area contributed by atoms with Crippen LogP contribution < -0.4 is 5.73 Å². The van der Waals surface area contributed by atoms with Gasteiger partial charge in [0.25, 0.3) is 0 Å². The fourth-order valence-corrected chi connectivity index (χ4v) is 12.2. The van der Waals surface area contributed by atoms with Crippen molar-refractivity contribution in [3.63, 3.8) is 0 Å². The van der Waals surface area contributed by atoms with Crippen molar-refractivity contribution < 1.29 is 24.5 Å². The molecule has 5 fully saturated rings. The van der Waals surface area contributed by atoms with E-state index in [-0.39, 0.29) is 52.8 Å². The minimum Gasteiger partial charge on any atom is -0.458 e. The van der Waals surface area contributed by atoms with Crippen molar-refractivity contribution in [2.24, 2.45) is 45.7 Å². The molecule has 0 radical (unpaired) electrons. The molecule has 0 saturated heterocycles. The fraction of sp³-hybridized carbons (Fsp3) is 0.784. The van der Waals surface area contributed by atoms with Gasteiger partial charge in [-0.3, -0.25) is 9.59 Å². The molecule has 5 saturated carbocycles. The van der Waals surface area contributed by atoms with Crippen molar-refractivity contribution in [3.8, 4) is 0 Å². The van der Waals surface area contributed by atoms with Crippen LogP contribution in [0.3, 0.4) is 0 Å². The Morgan fingerprint density at radius 2 is 1.74 bits per heavy atom. The second-order valence-electron chi connectivity index (χ2n) is 16.5. The molecule has 46 heavy (non-hydrogen) atoms. The number of fused-ring (bicyclic) bond motifs is 5. The van der Waals surface area contributed by atoms with E-state index in [0.717, 1.165) is 49.7 Å². The van der Waals surface area contributed by atoms with Crippen molar-refractivity contribution in [1.29, 1.82) is 0 Å². The number of aliphatic hydroxyl groups excluding tert-OH is 2. The number of Topliss-reactive ketones (excluding diaryl/α,β-unsaturated/α-hetero) is 1.